The number of aromatic nitrogens is 5. The summed E-state index contributed by atoms with van der Waals surface area (Å²) in [5.41, 5.74) is 6.73. The molecule has 0 saturated heterocycles. The van der Waals surface area contributed by atoms with E-state index in [1.54, 1.807) is 30.3 Å². The van der Waals surface area contributed by atoms with Crippen LogP contribution in [-0.2, 0) is 14.3 Å². The molecule has 0 unspecified atom stereocenters. The zero-order valence-electron chi connectivity index (χ0n) is 30.5. The molecule has 0 fully saturated rings. The number of hydrogen-bond acceptors (Lipinski definition) is 13. The molecular formula is C36H45FN8O8. The van der Waals surface area contributed by atoms with Gasteiger partial charge in [-0.3, -0.25) is 4.79 Å². The molecule has 0 aliphatic carbocycles. The highest BCUT2D eigenvalue weighted by Crippen LogP contribution is 2.36. The molecule has 1 atom stereocenters. The Labute approximate surface area is 306 Å². The van der Waals surface area contributed by atoms with Crippen LogP contribution in [0.5, 0.6) is 17.5 Å². The number of aliphatic imine (C=N–C) groups is 1. The second-order valence-electron chi connectivity index (χ2n) is 12.8. The minimum atomic E-state index is -1.15. The zero-order chi connectivity index (χ0) is 38.5. The quantitative estimate of drug-likeness (QED) is 0.0566. The summed E-state index contributed by atoms with van der Waals surface area (Å²) in [4.78, 5) is 41.7. The Morgan fingerprint density at radius 2 is 1.75 bits per heavy atom. The predicted molar refractivity (Wildman–Crippen MR) is 192 cm³/mol. The van der Waals surface area contributed by atoms with Crippen molar-refractivity contribution in [2.45, 2.75) is 53.5 Å². The van der Waals surface area contributed by atoms with Crippen molar-refractivity contribution in [2.24, 2.45) is 22.1 Å². The first-order chi connectivity index (χ1) is 25.4. The van der Waals surface area contributed by atoms with Gasteiger partial charge in [0.15, 0.2) is 17.4 Å². The van der Waals surface area contributed by atoms with Crippen molar-refractivity contribution < 1.29 is 42.8 Å². The molecular weight excluding hydrogens is 691 g/mol. The fourth-order valence-corrected chi connectivity index (χ4v) is 4.78. The van der Waals surface area contributed by atoms with Gasteiger partial charge in [0.1, 0.15) is 24.2 Å². The standard InChI is InChI=1S/C36H45FN8O8/c1-7-22(8-2)32(47)52-21-53-34-43-31(44-45(34)33-39-14-9-15-40-33)29(26-18-25(49-6)19-27(28(26)37)50-17-16-46)41-24-12-10-23(11-13-24)30(38)42-35(48)51-20-36(3,4)5/h9-15,18-19,22,29,41,46H,7-8,16-17,20-21H2,1-6H3,(H2,38,42,48)/t29-/m1/s1. The lowest BCUT2D eigenvalue weighted by molar-refractivity contribution is -0.155. The third-order valence-electron chi connectivity index (χ3n) is 7.57. The molecule has 0 spiro atoms. The lowest BCUT2D eigenvalue weighted by Crippen LogP contribution is -2.20. The molecule has 4 aromatic rings. The van der Waals surface area contributed by atoms with E-state index in [4.69, 9.17) is 29.4 Å². The topological polar surface area (TPSA) is 207 Å². The van der Waals surface area contributed by atoms with Crippen molar-refractivity contribution in [3.05, 3.63) is 77.6 Å². The second-order valence-corrected chi connectivity index (χ2v) is 12.8. The number of carbonyl (C=O) groups is 2. The first kappa shape index (κ1) is 39.9. The summed E-state index contributed by atoms with van der Waals surface area (Å²) in [6.07, 6.45) is 3.36. The molecule has 4 rings (SSSR count). The third kappa shape index (κ3) is 11.1. The van der Waals surface area contributed by atoms with Crippen molar-refractivity contribution >= 4 is 23.6 Å². The SMILES string of the molecule is CCC(CC)C(=O)OCOc1nc([C@H](Nc2ccc(C(N)=NC(=O)OCC(C)(C)C)cc2)c2cc(OC)cc(OCCO)c2F)nn1-c1ncccn1. The van der Waals surface area contributed by atoms with Gasteiger partial charge in [0.05, 0.1) is 26.2 Å². The van der Waals surface area contributed by atoms with Gasteiger partial charge in [-0.1, -0.05) is 34.6 Å². The van der Waals surface area contributed by atoms with Crippen LogP contribution in [0.3, 0.4) is 0 Å². The maximum atomic E-state index is 16.3. The third-order valence-corrected chi connectivity index (χ3v) is 7.57. The van der Waals surface area contributed by atoms with E-state index in [1.807, 2.05) is 34.6 Å². The normalized spacial score (nSPS) is 12.3. The van der Waals surface area contributed by atoms with Crippen molar-refractivity contribution in [1.29, 1.82) is 0 Å². The highest BCUT2D eigenvalue weighted by atomic mass is 19.1. The molecule has 1 amide bonds. The Kier molecular flexibility index (Phi) is 14.0. The van der Waals surface area contributed by atoms with Crippen molar-refractivity contribution in [2.75, 3.05) is 39.0 Å². The van der Waals surface area contributed by atoms with E-state index in [0.29, 0.717) is 24.1 Å². The summed E-state index contributed by atoms with van der Waals surface area (Å²) in [5.74, 6) is -1.45. The van der Waals surface area contributed by atoms with Gasteiger partial charge in [0, 0.05) is 35.3 Å². The number of rotatable bonds is 17. The van der Waals surface area contributed by atoms with Crippen LogP contribution >= 0.6 is 0 Å². The largest absolute Gasteiger partial charge is 0.497 e. The van der Waals surface area contributed by atoms with Gasteiger partial charge in [-0.25, -0.2) is 19.2 Å². The average molecular weight is 737 g/mol. The monoisotopic (exact) mass is 736 g/mol. The lowest BCUT2D eigenvalue weighted by Gasteiger charge is -2.21. The number of ether oxygens (including phenoxy) is 5. The number of methoxy groups -OCH3 is 1. The maximum absolute atomic E-state index is 16.3. The highest BCUT2D eigenvalue weighted by molar-refractivity contribution is 6.02. The number of halogens is 1. The molecule has 0 aliphatic rings. The number of aliphatic hydroxyl groups excluding tert-OH is 1. The Bertz CT molecular complexity index is 1840. The summed E-state index contributed by atoms with van der Waals surface area (Å²) < 4.78 is 44.7. The number of benzene rings is 2. The van der Waals surface area contributed by atoms with Crippen LogP contribution in [-0.4, -0.2) is 81.5 Å². The van der Waals surface area contributed by atoms with Crippen LogP contribution in [0.4, 0.5) is 14.9 Å². The molecule has 284 valence electrons. The van der Waals surface area contributed by atoms with Gasteiger partial charge in [0.2, 0.25) is 6.79 Å². The Balaban J connectivity index is 1.75. The Morgan fingerprint density at radius 1 is 1.06 bits per heavy atom. The molecule has 0 aliphatic heterocycles. The summed E-state index contributed by atoms with van der Waals surface area (Å²) in [5, 5.41) is 17.2. The number of nitrogens with two attached hydrogens (primary N) is 1. The van der Waals surface area contributed by atoms with Gasteiger partial charge >= 0.3 is 18.1 Å². The molecule has 17 heteroatoms. The minimum absolute atomic E-state index is 0.00174. The molecule has 2 aromatic heterocycles. The smallest absolute Gasteiger partial charge is 0.435 e. The highest BCUT2D eigenvalue weighted by Gasteiger charge is 2.29. The van der Waals surface area contributed by atoms with Gasteiger partial charge in [-0.2, -0.15) is 9.98 Å². The van der Waals surface area contributed by atoms with Crippen LogP contribution in [0.15, 0.2) is 59.9 Å². The van der Waals surface area contributed by atoms with Gasteiger partial charge in [0.25, 0.3) is 5.95 Å². The number of anilines is 1. The van der Waals surface area contributed by atoms with Crippen LogP contribution in [0, 0.1) is 17.2 Å². The van der Waals surface area contributed by atoms with E-state index in [9.17, 15) is 14.7 Å². The van der Waals surface area contributed by atoms with Crippen LogP contribution in [0.25, 0.3) is 5.95 Å². The van der Waals surface area contributed by atoms with Crippen LogP contribution < -0.4 is 25.3 Å². The van der Waals surface area contributed by atoms with E-state index in [-0.39, 0.29) is 71.8 Å². The van der Waals surface area contributed by atoms with Crippen LogP contribution in [0.1, 0.15) is 70.5 Å². The van der Waals surface area contributed by atoms with E-state index in [1.165, 1.54) is 36.3 Å². The molecule has 2 heterocycles. The molecule has 16 nitrogen and oxygen atoms in total. The molecule has 4 N–H and O–H groups in total. The first-order valence-corrected chi connectivity index (χ1v) is 16.9. The fraction of sp³-hybridized carbons (Fsp3) is 0.417. The molecule has 53 heavy (non-hydrogen) atoms. The van der Waals surface area contributed by atoms with E-state index < -0.39 is 30.7 Å². The summed E-state index contributed by atoms with van der Waals surface area (Å²) in [6, 6.07) is 9.61. The minimum Gasteiger partial charge on any atom is -0.497 e. The second kappa shape index (κ2) is 18.6. The van der Waals surface area contributed by atoms with E-state index in [0.717, 1.165) is 0 Å². The van der Waals surface area contributed by atoms with Crippen molar-refractivity contribution in [1.82, 2.24) is 24.7 Å². The Morgan fingerprint density at radius 3 is 2.38 bits per heavy atom. The molecule has 0 radical (unpaired) electrons. The van der Waals surface area contributed by atoms with Gasteiger partial charge in [-0.05, 0) is 54.7 Å². The maximum Gasteiger partial charge on any atom is 0.435 e. The van der Waals surface area contributed by atoms with Gasteiger partial charge in [-0.15, -0.1) is 9.78 Å². The lowest BCUT2D eigenvalue weighted by atomic mass is 9.99. The molecule has 0 saturated carbocycles. The van der Waals surface area contributed by atoms with Gasteiger partial charge < -0.3 is 39.8 Å². The zero-order valence-corrected chi connectivity index (χ0v) is 30.5. The van der Waals surface area contributed by atoms with E-state index >= 15 is 4.39 Å². The number of amidine groups is 1. The predicted octanol–water partition coefficient (Wildman–Crippen LogP) is 4.98. The van der Waals surface area contributed by atoms with Crippen molar-refractivity contribution in [3.8, 4) is 23.5 Å². The van der Waals surface area contributed by atoms with Crippen molar-refractivity contribution in [3.63, 3.8) is 0 Å². The number of nitrogens with one attached hydrogen (secondary N) is 1. The Hall–Kier alpha value is -5.84. The van der Waals surface area contributed by atoms with E-state index in [2.05, 4.69) is 30.4 Å². The number of nitrogens with zero attached hydrogens (tertiary/aromatic N) is 6. The molecule has 2 aromatic carbocycles. The average Bonchev–Trinajstić information content (AvgIpc) is 3.57. The van der Waals surface area contributed by atoms with Crippen LogP contribution in [0.2, 0.25) is 0 Å². The number of carbonyl (C=O) groups excluding carboxylic acids is 2. The summed E-state index contributed by atoms with van der Waals surface area (Å²) >= 11 is 0. The first-order valence-electron chi connectivity index (χ1n) is 16.9. The number of hydrogen-bond donors (Lipinski definition) is 3. The molecule has 0 bridgehead atoms. The number of esters is 1. The number of amides is 1. The number of aliphatic hydroxyl groups is 1. The fourth-order valence-electron chi connectivity index (χ4n) is 4.78. The summed E-state index contributed by atoms with van der Waals surface area (Å²) in [7, 11) is 1.41. The summed E-state index contributed by atoms with van der Waals surface area (Å²) in [6.45, 7) is 8.67.